The minimum atomic E-state index is 0.200. The van der Waals surface area contributed by atoms with Gasteiger partial charge in [0.1, 0.15) is 12.3 Å². The highest BCUT2D eigenvalue weighted by molar-refractivity contribution is 6.09. The number of Topliss-reactive ketones (excluding diaryl/α,β-unsaturated/α-hetero) is 1. The van der Waals surface area contributed by atoms with Gasteiger partial charge in [0.25, 0.3) is 0 Å². The summed E-state index contributed by atoms with van der Waals surface area (Å²) in [5.74, 6) is 0.521. The number of carbonyl (C=O) groups is 1. The van der Waals surface area contributed by atoms with E-state index in [2.05, 4.69) is 9.88 Å². The molecule has 0 spiro atoms. The number of rotatable bonds is 4. The van der Waals surface area contributed by atoms with Crippen LogP contribution in [0.2, 0.25) is 0 Å². The molecule has 1 aliphatic rings. The molecule has 5 nitrogen and oxygen atoms in total. The second kappa shape index (κ2) is 6.84. The van der Waals surface area contributed by atoms with Crippen LogP contribution in [0, 0.1) is 6.92 Å². The molecule has 0 amide bonds. The molecule has 3 N–H and O–H groups in total. The lowest BCUT2D eigenvalue weighted by Crippen LogP contribution is -3.15. The van der Waals surface area contributed by atoms with Gasteiger partial charge >= 0.3 is 0 Å². The maximum absolute atomic E-state index is 12.9. The first-order valence-corrected chi connectivity index (χ1v) is 9.10. The molecule has 0 radical (unpaired) electrons. The molecule has 0 atom stereocenters. The first kappa shape index (κ1) is 16.7. The zero-order valence-corrected chi connectivity index (χ0v) is 15.0. The average molecular weight is 350 g/mol. The number of anilines is 1. The second-order valence-corrected chi connectivity index (χ2v) is 7.00. The van der Waals surface area contributed by atoms with Crippen LogP contribution in [0.5, 0.6) is 5.75 Å². The number of nitrogens with one attached hydrogen (secondary N) is 2. The number of hydrogen-bond acceptors (Lipinski definition) is 3. The molecule has 1 fully saturated rings. The maximum atomic E-state index is 12.9. The fourth-order valence-electron chi connectivity index (χ4n) is 3.92. The van der Waals surface area contributed by atoms with Crippen molar-refractivity contribution in [2.24, 2.45) is 0 Å². The Hall–Kier alpha value is -2.79. The number of benzene rings is 2. The van der Waals surface area contributed by atoms with Crippen LogP contribution < -0.4 is 9.80 Å². The van der Waals surface area contributed by atoms with Gasteiger partial charge in [-0.15, -0.1) is 0 Å². The number of ketones is 1. The van der Waals surface area contributed by atoms with E-state index >= 15 is 0 Å². The Kier molecular flexibility index (Phi) is 4.39. The number of aromatic hydroxyl groups is 1. The van der Waals surface area contributed by atoms with Crippen LogP contribution in [0.4, 0.5) is 5.69 Å². The Balaban J connectivity index is 1.43. The van der Waals surface area contributed by atoms with Crippen molar-refractivity contribution in [1.82, 2.24) is 4.98 Å². The largest absolute Gasteiger partial charge is 0.506 e. The number of phenolic OH excluding ortho intramolecular Hbond substituents is 1. The van der Waals surface area contributed by atoms with Crippen molar-refractivity contribution >= 4 is 22.4 Å². The number of quaternary nitrogens is 1. The zero-order valence-electron chi connectivity index (χ0n) is 15.0. The zero-order chi connectivity index (χ0) is 18.1. The van der Waals surface area contributed by atoms with E-state index in [4.69, 9.17) is 0 Å². The monoisotopic (exact) mass is 350 g/mol. The van der Waals surface area contributed by atoms with Gasteiger partial charge in [0.05, 0.1) is 37.4 Å². The van der Waals surface area contributed by atoms with Crippen LogP contribution in [-0.2, 0) is 0 Å². The highest BCUT2D eigenvalue weighted by Gasteiger charge is 2.26. The Bertz CT molecular complexity index is 939. The number of fused-ring (bicyclic) bond motifs is 1. The predicted molar refractivity (Wildman–Crippen MR) is 103 cm³/mol. The number of piperazine rings is 1. The molecule has 0 saturated carbocycles. The Morgan fingerprint density at radius 1 is 1.12 bits per heavy atom. The molecule has 2 heterocycles. The molecular weight excluding hydrogens is 326 g/mol. The number of phenols is 1. The Morgan fingerprint density at radius 3 is 2.58 bits per heavy atom. The summed E-state index contributed by atoms with van der Waals surface area (Å²) in [5, 5.41) is 11.0. The third-order valence-corrected chi connectivity index (χ3v) is 5.28. The van der Waals surface area contributed by atoms with Gasteiger partial charge < -0.3 is 19.9 Å². The van der Waals surface area contributed by atoms with E-state index in [1.165, 1.54) is 4.90 Å². The van der Waals surface area contributed by atoms with Crippen molar-refractivity contribution in [3.8, 4) is 5.75 Å². The van der Waals surface area contributed by atoms with E-state index in [0.29, 0.717) is 12.3 Å². The van der Waals surface area contributed by atoms with Gasteiger partial charge in [-0.1, -0.05) is 30.3 Å². The van der Waals surface area contributed by atoms with Crippen molar-refractivity contribution in [3.63, 3.8) is 0 Å². The van der Waals surface area contributed by atoms with Gasteiger partial charge in [-0.3, -0.25) is 4.79 Å². The summed E-state index contributed by atoms with van der Waals surface area (Å²) in [6.45, 7) is 5.94. The number of aromatic nitrogens is 1. The number of H-pyrrole nitrogens is 1. The van der Waals surface area contributed by atoms with Gasteiger partial charge in [0.15, 0.2) is 0 Å². The van der Waals surface area contributed by atoms with Crippen LogP contribution >= 0.6 is 0 Å². The summed E-state index contributed by atoms with van der Waals surface area (Å²) in [4.78, 5) is 19.7. The summed E-state index contributed by atoms with van der Waals surface area (Å²) in [6, 6.07) is 15.4. The van der Waals surface area contributed by atoms with E-state index in [1.54, 1.807) is 6.07 Å². The molecule has 1 saturated heterocycles. The van der Waals surface area contributed by atoms with Crippen LogP contribution in [0.25, 0.3) is 10.9 Å². The summed E-state index contributed by atoms with van der Waals surface area (Å²) in [6.07, 6.45) is 0. The predicted octanol–water partition coefficient (Wildman–Crippen LogP) is 1.77. The molecule has 134 valence electrons. The van der Waals surface area contributed by atoms with Crippen LogP contribution in [0.3, 0.4) is 0 Å². The van der Waals surface area contributed by atoms with E-state index in [9.17, 15) is 9.90 Å². The highest BCUT2D eigenvalue weighted by atomic mass is 16.3. The van der Waals surface area contributed by atoms with Crippen molar-refractivity contribution in [1.29, 1.82) is 0 Å². The Morgan fingerprint density at radius 2 is 1.81 bits per heavy atom. The van der Waals surface area contributed by atoms with Crippen molar-refractivity contribution in [3.05, 3.63) is 59.8 Å². The summed E-state index contributed by atoms with van der Waals surface area (Å²) in [5.41, 5.74) is 3.68. The SMILES string of the molecule is Cc1[nH]c2ccccc2c1C(=O)C[NH+]1CCN(c2ccccc2O)CC1. The third-order valence-electron chi connectivity index (χ3n) is 5.28. The number of nitrogens with zero attached hydrogens (tertiary/aromatic N) is 1. The minimum Gasteiger partial charge on any atom is -0.506 e. The highest BCUT2D eigenvalue weighted by Crippen LogP contribution is 2.26. The topological polar surface area (TPSA) is 60.8 Å². The van der Waals surface area contributed by atoms with Crippen LogP contribution in [-0.4, -0.2) is 48.6 Å². The van der Waals surface area contributed by atoms with Crippen LogP contribution in [0.15, 0.2) is 48.5 Å². The molecule has 26 heavy (non-hydrogen) atoms. The van der Waals surface area contributed by atoms with Crippen molar-refractivity contribution < 1.29 is 14.8 Å². The quantitative estimate of drug-likeness (QED) is 0.629. The molecule has 5 heteroatoms. The number of para-hydroxylation sites is 3. The molecule has 1 aromatic heterocycles. The lowest BCUT2D eigenvalue weighted by molar-refractivity contribution is -0.892. The van der Waals surface area contributed by atoms with E-state index in [-0.39, 0.29) is 5.78 Å². The Labute approximate surface area is 152 Å². The number of hydrogen-bond donors (Lipinski definition) is 3. The standard InChI is InChI=1S/C21H23N3O2/c1-15-21(16-6-2-3-7-17(16)22-15)20(26)14-23-10-12-24(13-11-23)18-8-4-5-9-19(18)25/h2-9,22,25H,10-14H2,1H3/p+1. The van der Waals surface area contributed by atoms with Gasteiger partial charge in [-0.25, -0.2) is 0 Å². The molecule has 2 aromatic carbocycles. The summed E-state index contributed by atoms with van der Waals surface area (Å²) < 4.78 is 0. The molecule has 0 unspecified atom stereocenters. The lowest BCUT2D eigenvalue weighted by atomic mass is 10.1. The molecule has 0 bridgehead atoms. The van der Waals surface area contributed by atoms with Gasteiger partial charge in [-0.05, 0) is 25.1 Å². The molecule has 4 rings (SSSR count). The maximum Gasteiger partial charge on any atom is 0.219 e. The van der Waals surface area contributed by atoms with Gasteiger partial charge in [-0.2, -0.15) is 0 Å². The molecular formula is C21H24N3O2+. The number of carbonyl (C=O) groups excluding carboxylic acids is 1. The number of aromatic amines is 1. The van der Waals surface area contributed by atoms with E-state index in [1.807, 2.05) is 49.4 Å². The van der Waals surface area contributed by atoms with E-state index in [0.717, 1.165) is 54.0 Å². The molecule has 0 aliphatic carbocycles. The summed E-state index contributed by atoms with van der Waals surface area (Å²) >= 11 is 0. The second-order valence-electron chi connectivity index (χ2n) is 7.00. The van der Waals surface area contributed by atoms with Crippen molar-refractivity contribution in [2.75, 3.05) is 37.6 Å². The van der Waals surface area contributed by atoms with Gasteiger partial charge in [0.2, 0.25) is 5.78 Å². The first-order valence-electron chi connectivity index (χ1n) is 9.10. The first-order chi connectivity index (χ1) is 12.6. The molecule has 1 aliphatic heterocycles. The van der Waals surface area contributed by atoms with Gasteiger partial charge in [0, 0.05) is 16.6 Å². The average Bonchev–Trinajstić information content (AvgIpc) is 2.99. The fraction of sp³-hybridized carbons (Fsp3) is 0.286. The van der Waals surface area contributed by atoms with E-state index < -0.39 is 0 Å². The number of aryl methyl sites for hydroxylation is 1. The third kappa shape index (κ3) is 3.06. The molecule has 3 aromatic rings. The normalized spacial score (nSPS) is 15.5. The smallest absolute Gasteiger partial charge is 0.219 e. The fourth-order valence-corrected chi connectivity index (χ4v) is 3.92. The minimum absolute atomic E-state index is 0.200. The van der Waals surface area contributed by atoms with Crippen molar-refractivity contribution in [2.45, 2.75) is 6.92 Å². The van der Waals surface area contributed by atoms with Crippen LogP contribution in [0.1, 0.15) is 16.1 Å². The summed E-state index contributed by atoms with van der Waals surface area (Å²) in [7, 11) is 0. The lowest BCUT2D eigenvalue weighted by Gasteiger charge is -2.33.